The third-order valence-electron chi connectivity index (χ3n) is 3.22. The molecular formula is C15H15ClN4. The number of nitrogens with two attached hydrogens (primary N) is 1. The van der Waals surface area contributed by atoms with Gasteiger partial charge in [0, 0.05) is 0 Å². The maximum absolute atomic E-state index is 7.02. The van der Waals surface area contributed by atoms with Gasteiger partial charge in [-0.25, -0.2) is 5.43 Å². The van der Waals surface area contributed by atoms with Gasteiger partial charge in [-0.3, -0.25) is 5.41 Å². The summed E-state index contributed by atoms with van der Waals surface area (Å²) in [6.45, 7) is 0. The van der Waals surface area contributed by atoms with Gasteiger partial charge in [-0.15, -0.1) is 12.4 Å². The van der Waals surface area contributed by atoms with Crippen LogP contribution in [0.2, 0.25) is 0 Å². The number of rotatable bonds is 2. The Balaban J connectivity index is 0.00000147. The van der Waals surface area contributed by atoms with Gasteiger partial charge in [0.25, 0.3) is 0 Å². The topological polar surface area (TPSA) is 74.3 Å². The minimum absolute atomic E-state index is 0. The van der Waals surface area contributed by atoms with E-state index in [0.717, 1.165) is 12.0 Å². The first-order valence-corrected chi connectivity index (χ1v) is 6.08. The Labute approximate surface area is 123 Å². The molecule has 4 nitrogen and oxygen atoms in total. The molecular weight excluding hydrogens is 272 g/mol. The van der Waals surface area contributed by atoms with Crippen LogP contribution in [0.4, 0.5) is 0 Å². The second-order valence-electron chi connectivity index (χ2n) is 4.53. The summed E-state index contributed by atoms with van der Waals surface area (Å²) in [4.78, 5) is 0. The van der Waals surface area contributed by atoms with Gasteiger partial charge in [0.05, 0.1) is 6.21 Å². The number of hydrogen-bond acceptors (Lipinski definition) is 2. The van der Waals surface area contributed by atoms with E-state index in [4.69, 9.17) is 11.1 Å². The number of nitrogens with one attached hydrogen (secondary N) is 2. The predicted molar refractivity (Wildman–Crippen MR) is 84.6 cm³/mol. The van der Waals surface area contributed by atoms with Crippen molar-refractivity contribution in [2.24, 2.45) is 10.8 Å². The van der Waals surface area contributed by atoms with Crippen molar-refractivity contribution in [2.75, 3.05) is 0 Å². The average Bonchev–Trinajstić information content (AvgIpc) is 2.76. The number of fused-ring (bicyclic) bond motifs is 3. The minimum atomic E-state index is -0.162. The van der Waals surface area contributed by atoms with Gasteiger partial charge < -0.3 is 5.73 Å². The Bertz CT molecular complexity index is 679. The van der Waals surface area contributed by atoms with E-state index in [9.17, 15) is 0 Å². The minimum Gasteiger partial charge on any atom is -0.369 e. The molecule has 0 radical (unpaired) electrons. The summed E-state index contributed by atoms with van der Waals surface area (Å²) in [5, 5.41) is 10.9. The molecule has 2 aromatic rings. The monoisotopic (exact) mass is 286 g/mol. The van der Waals surface area contributed by atoms with Gasteiger partial charge in [0.1, 0.15) is 0 Å². The molecule has 0 amide bonds. The first-order valence-electron chi connectivity index (χ1n) is 6.08. The fourth-order valence-electron chi connectivity index (χ4n) is 2.42. The molecule has 4 N–H and O–H groups in total. The van der Waals surface area contributed by atoms with Crippen molar-refractivity contribution < 1.29 is 0 Å². The molecule has 102 valence electrons. The molecule has 0 fully saturated rings. The third-order valence-corrected chi connectivity index (χ3v) is 3.22. The fourth-order valence-corrected chi connectivity index (χ4v) is 2.42. The van der Waals surface area contributed by atoms with Crippen molar-refractivity contribution in [3.63, 3.8) is 0 Å². The van der Waals surface area contributed by atoms with Gasteiger partial charge in [0.2, 0.25) is 5.96 Å². The summed E-state index contributed by atoms with van der Waals surface area (Å²) in [5.41, 5.74) is 13.9. The number of benzene rings is 2. The average molecular weight is 287 g/mol. The van der Waals surface area contributed by atoms with Gasteiger partial charge in [-0.1, -0.05) is 36.4 Å². The van der Waals surface area contributed by atoms with Crippen LogP contribution in [0.25, 0.3) is 11.1 Å². The second-order valence-corrected chi connectivity index (χ2v) is 4.53. The number of halogens is 1. The molecule has 0 aromatic heterocycles. The zero-order valence-electron chi connectivity index (χ0n) is 10.8. The number of guanidine groups is 1. The van der Waals surface area contributed by atoms with Crippen LogP contribution < -0.4 is 11.2 Å². The molecule has 0 aliphatic heterocycles. The summed E-state index contributed by atoms with van der Waals surface area (Å²) in [7, 11) is 0. The molecule has 5 heteroatoms. The van der Waals surface area contributed by atoms with Gasteiger partial charge >= 0.3 is 0 Å². The smallest absolute Gasteiger partial charge is 0.206 e. The molecule has 0 saturated carbocycles. The van der Waals surface area contributed by atoms with Crippen molar-refractivity contribution in [1.29, 1.82) is 5.41 Å². The van der Waals surface area contributed by atoms with Crippen LogP contribution >= 0.6 is 12.4 Å². The van der Waals surface area contributed by atoms with E-state index in [1.807, 2.05) is 6.07 Å². The fraction of sp³-hybridized carbons (Fsp3) is 0.0667. The second kappa shape index (κ2) is 5.75. The number of nitrogens with zero attached hydrogens (tertiary/aromatic N) is 1. The summed E-state index contributed by atoms with van der Waals surface area (Å²) in [6.07, 6.45) is 2.64. The Morgan fingerprint density at radius 2 is 1.90 bits per heavy atom. The van der Waals surface area contributed by atoms with Crippen molar-refractivity contribution in [3.05, 3.63) is 59.2 Å². The SMILES string of the molecule is Cl.N=C(N)NN=Cc1ccc2c(c1)Cc1ccccc1-2. The van der Waals surface area contributed by atoms with Crippen LogP contribution in [0.3, 0.4) is 0 Å². The molecule has 3 rings (SSSR count). The van der Waals surface area contributed by atoms with Crippen LogP contribution in [0.15, 0.2) is 47.6 Å². The summed E-state index contributed by atoms with van der Waals surface area (Å²) in [6, 6.07) is 14.7. The van der Waals surface area contributed by atoms with E-state index in [1.165, 1.54) is 22.3 Å². The Kier molecular flexibility index (Phi) is 4.05. The lowest BCUT2D eigenvalue weighted by atomic mass is 10.0. The summed E-state index contributed by atoms with van der Waals surface area (Å²) < 4.78 is 0. The highest BCUT2D eigenvalue weighted by atomic mass is 35.5. The number of hydrogen-bond donors (Lipinski definition) is 3. The Morgan fingerprint density at radius 1 is 1.15 bits per heavy atom. The maximum Gasteiger partial charge on any atom is 0.206 e. The first-order chi connectivity index (χ1) is 9.24. The molecule has 0 spiro atoms. The lowest BCUT2D eigenvalue weighted by Gasteiger charge is -2.01. The lowest BCUT2D eigenvalue weighted by Crippen LogP contribution is -2.25. The molecule has 2 aromatic carbocycles. The van der Waals surface area contributed by atoms with E-state index in [0.29, 0.717) is 0 Å². The van der Waals surface area contributed by atoms with Gasteiger partial charge in [-0.2, -0.15) is 5.10 Å². The highest BCUT2D eigenvalue weighted by Crippen LogP contribution is 2.36. The third kappa shape index (κ3) is 2.65. The van der Waals surface area contributed by atoms with E-state index in [2.05, 4.69) is 46.9 Å². The Morgan fingerprint density at radius 3 is 2.70 bits per heavy atom. The van der Waals surface area contributed by atoms with Gasteiger partial charge in [-0.05, 0) is 40.3 Å². The van der Waals surface area contributed by atoms with Crippen molar-refractivity contribution in [3.8, 4) is 11.1 Å². The standard InChI is InChI=1S/C15H14N4.ClH/c16-15(17)19-18-9-10-5-6-14-12(7-10)8-11-3-1-2-4-13(11)14;/h1-7,9H,8H2,(H4,16,17,19);1H. The van der Waals surface area contributed by atoms with Crippen LogP contribution in [-0.2, 0) is 6.42 Å². The van der Waals surface area contributed by atoms with Crippen LogP contribution in [0.1, 0.15) is 16.7 Å². The highest BCUT2D eigenvalue weighted by molar-refractivity contribution is 5.86. The predicted octanol–water partition coefficient (Wildman–Crippen LogP) is 2.50. The van der Waals surface area contributed by atoms with Crippen molar-refractivity contribution in [1.82, 2.24) is 5.43 Å². The molecule has 1 aliphatic carbocycles. The van der Waals surface area contributed by atoms with Crippen molar-refractivity contribution >= 4 is 24.6 Å². The maximum atomic E-state index is 7.02. The van der Waals surface area contributed by atoms with Crippen LogP contribution in [-0.4, -0.2) is 12.2 Å². The highest BCUT2D eigenvalue weighted by Gasteiger charge is 2.17. The molecule has 0 bridgehead atoms. The van der Waals surface area contributed by atoms with Crippen molar-refractivity contribution in [2.45, 2.75) is 6.42 Å². The largest absolute Gasteiger partial charge is 0.369 e. The van der Waals surface area contributed by atoms with Crippen LogP contribution in [0.5, 0.6) is 0 Å². The molecule has 1 aliphatic rings. The van der Waals surface area contributed by atoms with E-state index in [-0.39, 0.29) is 18.4 Å². The van der Waals surface area contributed by atoms with E-state index in [1.54, 1.807) is 6.21 Å². The zero-order valence-corrected chi connectivity index (χ0v) is 11.6. The van der Waals surface area contributed by atoms with Crippen LogP contribution in [0, 0.1) is 5.41 Å². The number of hydrazone groups is 1. The zero-order chi connectivity index (χ0) is 13.2. The molecule has 0 saturated heterocycles. The van der Waals surface area contributed by atoms with Gasteiger partial charge in [0.15, 0.2) is 0 Å². The molecule has 0 atom stereocenters. The lowest BCUT2D eigenvalue weighted by molar-refractivity contribution is 1.00. The molecule has 0 heterocycles. The van der Waals surface area contributed by atoms with E-state index >= 15 is 0 Å². The Hall–Kier alpha value is -2.33. The molecule has 20 heavy (non-hydrogen) atoms. The molecule has 0 unspecified atom stereocenters. The van der Waals surface area contributed by atoms with E-state index < -0.39 is 0 Å². The quantitative estimate of drug-likeness (QED) is 0.385. The summed E-state index contributed by atoms with van der Waals surface area (Å²) in [5.74, 6) is -0.162. The first kappa shape index (κ1) is 14.1. The summed E-state index contributed by atoms with van der Waals surface area (Å²) >= 11 is 0. The normalized spacial score (nSPS) is 11.6.